The fourth-order valence-electron chi connectivity index (χ4n) is 1.46. The maximum absolute atomic E-state index is 12.5. The number of hydrogen-bond donors (Lipinski definition) is 2. The molecule has 0 aliphatic carbocycles. The molecule has 0 aliphatic heterocycles. The van der Waals surface area contributed by atoms with Gasteiger partial charge in [-0.15, -0.1) is 0 Å². The summed E-state index contributed by atoms with van der Waals surface area (Å²) in [5.41, 5.74) is -0.453. The van der Waals surface area contributed by atoms with Gasteiger partial charge in [-0.1, -0.05) is 25.1 Å². The van der Waals surface area contributed by atoms with Gasteiger partial charge in [0.1, 0.15) is 0 Å². The fraction of sp³-hybridized carbons (Fsp3) is 0.462. The summed E-state index contributed by atoms with van der Waals surface area (Å²) in [6.45, 7) is 2.00. The summed E-state index contributed by atoms with van der Waals surface area (Å²) in [4.78, 5) is 11.5. The van der Waals surface area contributed by atoms with Crippen molar-refractivity contribution in [3.63, 3.8) is 0 Å². The number of alkyl halides is 3. The molecule has 1 aromatic carbocycles. The first-order valence-electron chi connectivity index (χ1n) is 5.86. The average Bonchev–Trinajstić information content (AvgIpc) is 2.35. The molecule has 1 unspecified atom stereocenters. The van der Waals surface area contributed by atoms with E-state index in [1.165, 1.54) is 12.1 Å². The Bertz CT molecular complexity index is 432. The number of aliphatic hydroxyl groups is 1. The number of carbonyl (C=O) groups is 1. The van der Waals surface area contributed by atoms with Crippen molar-refractivity contribution in [1.82, 2.24) is 5.32 Å². The summed E-state index contributed by atoms with van der Waals surface area (Å²) in [6, 6.07) is 4.69. The number of benzene rings is 1. The van der Waals surface area contributed by atoms with E-state index < -0.39 is 11.7 Å². The second-order valence-corrected chi connectivity index (χ2v) is 4.47. The van der Waals surface area contributed by atoms with Gasteiger partial charge < -0.3 is 10.4 Å². The quantitative estimate of drug-likeness (QED) is 0.863. The molecule has 1 amide bonds. The van der Waals surface area contributed by atoms with Crippen LogP contribution in [0.25, 0.3) is 0 Å². The molecule has 0 aromatic heterocycles. The Morgan fingerprint density at radius 3 is 2.68 bits per heavy atom. The SMILES string of the molecule is CC(CO)CNC(=O)Cc1cccc(C(F)(F)F)c1. The van der Waals surface area contributed by atoms with Crippen molar-refractivity contribution in [2.24, 2.45) is 5.92 Å². The van der Waals surface area contributed by atoms with Crippen molar-refractivity contribution in [3.05, 3.63) is 35.4 Å². The van der Waals surface area contributed by atoms with Crippen LogP contribution in [0.1, 0.15) is 18.1 Å². The summed E-state index contributed by atoms with van der Waals surface area (Å²) >= 11 is 0. The highest BCUT2D eigenvalue weighted by atomic mass is 19.4. The lowest BCUT2D eigenvalue weighted by atomic mass is 10.1. The van der Waals surface area contributed by atoms with E-state index in [-0.39, 0.29) is 24.9 Å². The lowest BCUT2D eigenvalue weighted by molar-refractivity contribution is -0.137. The van der Waals surface area contributed by atoms with Crippen LogP contribution < -0.4 is 5.32 Å². The van der Waals surface area contributed by atoms with E-state index in [4.69, 9.17) is 5.11 Å². The minimum absolute atomic E-state index is 0.0517. The highest BCUT2D eigenvalue weighted by Crippen LogP contribution is 2.29. The number of carbonyl (C=O) groups excluding carboxylic acids is 1. The molecule has 0 saturated carbocycles. The maximum Gasteiger partial charge on any atom is 0.416 e. The molecule has 0 aliphatic rings. The largest absolute Gasteiger partial charge is 0.416 e. The zero-order chi connectivity index (χ0) is 14.5. The fourth-order valence-corrected chi connectivity index (χ4v) is 1.46. The molecule has 0 spiro atoms. The van der Waals surface area contributed by atoms with Crippen LogP contribution in [0.5, 0.6) is 0 Å². The van der Waals surface area contributed by atoms with E-state index in [1.807, 2.05) is 0 Å². The van der Waals surface area contributed by atoms with Gasteiger partial charge in [-0.2, -0.15) is 13.2 Å². The molecular weight excluding hydrogens is 259 g/mol. The first-order valence-corrected chi connectivity index (χ1v) is 5.86. The lowest BCUT2D eigenvalue weighted by Gasteiger charge is -2.11. The maximum atomic E-state index is 12.5. The van der Waals surface area contributed by atoms with E-state index in [2.05, 4.69) is 5.32 Å². The van der Waals surface area contributed by atoms with Gasteiger partial charge in [0.2, 0.25) is 5.91 Å². The topological polar surface area (TPSA) is 49.3 Å². The smallest absolute Gasteiger partial charge is 0.396 e. The molecule has 0 saturated heterocycles. The van der Waals surface area contributed by atoms with Crippen LogP contribution >= 0.6 is 0 Å². The third-order valence-electron chi connectivity index (χ3n) is 2.58. The van der Waals surface area contributed by atoms with Crippen LogP contribution in [0.3, 0.4) is 0 Å². The summed E-state index contributed by atoms with van der Waals surface area (Å²) in [5, 5.41) is 11.3. The summed E-state index contributed by atoms with van der Waals surface area (Å²) in [7, 11) is 0. The summed E-state index contributed by atoms with van der Waals surface area (Å²) in [6.07, 6.45) is -4.51. The van der Waals surface area contributed by atoms with Crippen LogP contribution in [0, 0.1) is 5.92 Å². The molecular formula is C13H16F3NO2. The van der Waals surface area contributed by atoms with Gasteiger partial charge in [-0.25, -0.2) is 0 Å². The van der Waals surface area contributed by atoms with Gasteiger partial charge in [0.25, 0.3) is 0 Å². The van der Waals surface area contributed by atoms with Crippen molar-refractivity contribution in [3.8, 4) is 0 Å². The van der Waals surface area contributed by atoms with Gasteiger partial charge in [0.05, 0.1) is 12.0 Å². The van der Waals surface area contributed by atoms with Gasteiger partial charge in [-0.05, 0) is 17.5 Å². The molecule has 1 aromatic rings. The van der Waals surface area contributed by atoms with E-state index >= 15 is 0 Å². The second kappa shape index (κ2) is 6.56. The molecule has 106 valence electrons. The number of aliphatic hydroxyl groups excluding tert-OH is 1. The molecule has 2 N–H and O–H groups in total. The molecule has 3 nitrogen and oxygen atoms in total. The molecule has 19 heavy (non-hydrogen) atoms. The van der Waals surface area contributed by atoms with Gasteiger partial charge in [0, 0.05) is 13.2 Å². The predicted octanol–water partition coefficient (Wildman–Crippen LogP) is 1.99. The summed E-state index contributed by atoms with van der Waals surface area (Å²) < 4.78 is 37.4. The molecule has 1 rings (SSSR count). The van der Waals surface area contributed by atoms with Crippen LogP contribution in [-0.2, 0) is 17.4 Å². The van der Waals surface area contributed by atoms with Crippen LogP contribution in [-0.4, -0.2) is 24.2 Å². The third kappa shape index (κ3) is 5.30. The zero-order valence-electron chi connectivity index (χ0n) is 10.5. The number of halogens is 3. The molecule has 1 atom stereocenters. The van der Waals surface area contributed by atoms with E-state index in [0.717, 1.165) is 12.1 Å². The van der Waals surface area contributed by atoms with Crippen molar-refractivity contribution >= 4 is 5.91 Å². The van der Waals surface area contributed by atoms with Crippen molar-refractivity contribution in [1.29, 1.82) is 0 Å². The number of amides is 1. The van der Waals surface area contributed by atoms with Crippen molar-refractivity contribution in [2.75, 3.05) is 13.2 Å². The third-order valence-corrected chi connectivity index (χ3v) is 2.58. The van der Waals surface area contributed by atoms with E-state index in [9.17, 15) is 18.0 Å². The lowest BCUT2D eigenvalue weighted by Crippen LogP contribution is -2.30. The Morgan fingerprint density at radius 1 is 1.42 bits per heavy atom. The molecule has 0 radical (unpaired) electrons. The number of hydrogen-bond acceptors (Lipinski definition) is 2. The van der Waals surface area contributed by atoms with Gasteiger partial charge in [0.15, 0.2) is 0 Å². The first-order chi connectivity index (χ1) is 8.82. The first kappa shape index (κ1) is 15.5. The highest BCUT2D eigenvalue weighted by Gasteiger charge is 2.30. The van der Waals surface area contributed by atoms with Gasteiger partial charge in [-0.3, -0.25) is 4.79 Å². The summed E-state index contributed by atoms with van der Waals surface area (Å²) in [5.74, 6) is -0.440. The molecule has 6 heteroatoms. The minimum Gasteiger partial charge on any atom is -0.396 e. The molecule has 0 bridgehead atoms. The van der Waals surface area contributed by atoms with E-state index in [1.54, 1.807) is 6.92 Å². The highest BCUT2D eigenvalue weighted by molar-refractivity contribution is 5.78. The zero-order valence-corrected chi connectivity index (χ0v) is 10.5. The Labute approximate surface area is 109 Å². The number of rotatable bonds is 5. The Morgan fingerprint density at radius 2 is 2.11 bits per heavy atom. The monoisotopic (exact) mass is 275 g/mol. The normalized spacial score (nSPS) is 13.1. The van der Waals surface area contributed by atoms with Gasteiger partial charge >= 0.3 is 6.18 Å². The molecule has 0 heterocycles. The standard InChI is InChI=1S/C13H16F3NO2/c1-9(8-18)7-17-12(19)6-10-3-2-4-11(5-10)13(14,15)16/h2-5,9,18H,6-8H2,1H3,(H,17,19). The van der Waals surface area contributed by atoms with Crippen molar-refractivity contribution in [2.45, 2.75) is 19.5 Å². The van der Waals surface area contributed by atoms with Crippen molar-refractivity contribution < 1.29 is 23.1 Å². The number of nitrogens with one attached hydrogen (secondary N) is 1. The average molecular weight is 275 g/mol. The van der Waals surface area contributed by atoms with Crippen LogP contribution in [0.2, 0.25) is 0 Å². The Hall–Kier alpha value is -1.56. The van der Waals surface area contributed by atoms with Crippen LogP contribution in [0.15, 0.2) is 24.3 Å². The van der Waals surface area contributed by atoms with E-state index in [0.29, 0.717) is 12.1 Å². The minimum atomic E-state index is -4.40. The Kier molecular flexibility index (Phi) is 5.35. The second-order valence-electron chi connectivity index (χ2n) is 4.47. The predicted molar refractivity (Wildman–Crippen MR) is 64.4 cm³/mol. The Balaban J connectivity index is 2.60. The molecule has 0 fully saturated rings. The van der Waals surface area contributed by atoms with Crippen LogP contribution in [0.4, 0.5) is 13.2 Å².